The highest BCUT2D eigenvalue weighted by atomic mass is 16.4. The minimum Gasteiger partial charge on any atom is -0.480 e. The van der Waals surface area contributed by atoms with Crippen molar-refractivity contribution < 1.29 is 19.5 Å². The first-order chi connectivity index (χ1) is 6.47. The second-order valence-corrected chi connectivity index (χ2v) is 2.60. The van der Waals surface area contributed by atoms with Crippen molar-refractivity contribution in [3.63, 3.8) is 0 Å². The summed E-state index contributed by atoms with van der Waals surface area (Å²) in [5, 5.41) is 12.7. The Morgan fingerprint density at radius 3 is 2.43 bits per heavy atom. The summed E-state index contributed by atoms with van der Waals surface area (Å²) in [7, 11) is 0. The molecule has 0 radical (unpaired) electrons. The summed E-state index contributed by atoms with van der Waals surface area (Å²) in [6.07, 6.45) is 0. The number of rotatable bonds is 5. The molecule has 0 bridgehead atoms. The van der Waals surface area contributed by atoms with Gasteiger partial charge >= 0.3 is 5.97 Å². The van der Waals surface area contributed by atoms with Gasteiger partial charge in [0, 0.05) is 0 Å². The number of aliphatic carboxylic acids is 1. The van der Waals surface area contributed by atoms with Crippen LogP contribution < -0.4 is 16.4 Å². The molecule has 0 unspecified atom stereocenters. The maximum Gasteiger partial charge on any atom is 0.322 e. The molecule has 7 heteroatoms. The fourth-order valence-electron chi connectivity index (χ4n) is 0.682. The van der Waals surface area contributed by atoms with Crippen LogP contribution in [0.3, 0.4) is 0 Å². The third-order valence-electron chi connectivity index (χ3n) is 1.37. The van der Waals surface area contributed by atoms with E-state index in [1.54, 1.807) is 0 Å². The van der Waals surface area contributed by atoms with Crippen molar-refractivity contribution in [2.24, 2.45) is 5.73 Å². The zero-order chi connectivity index (χ0) is 11.1. The van der Waals surface area contributed by atoms with E-state index in [0.29, 0.717) is 0 Å². The first-order valence-corrected chi connectivity index (χ1v) is 3.96. The molecule has 80 valence electrons. The van der Waals surface area contributed by atoms with Crippen molar-refractivity contribution >= 4 is 17.8 Å². The maximum absolute atomic E-state index is 11.1. The Morgan fingerprint density at radius 1 is 1.43 bits per heavy atom. The summed E-state index contributed by atoms with van der Waals surface area (Å²) in [6.45, 7) is 0.753. The highest BCUT2D eigenvalue weighted by molar-refractivity contribution is 5.89. The Bertz CT molecular complexity index is 241. The molecule has 1 atom stereocenters. The van der Waals surface area contributed by atoms with Crippen LogP contribution in [0.2, 0.25) is 0 Å². The second-order valence-electron chi connectivity index (χ2n) is 2.60. The molecule has 0 spiro atoms. The third-order valence-corrected chi connectivity index (χ3v) is 1.37. The van der Waals surface area contributed by atoms with Gasteiger partial charge in [-0.1, -0.05) is 0 Å². The number of nitrogens with two attached hydrogens (primary N) is 1. The van der Waals surface area contributed by atoms with E-state index < -0.39 is 30.4 Å². The Labute approximate surface area is 80.6 Å². The van der Waals surface area contributed by atoms with E-state index in [2.05, 4.69) is 10.6 Å². The molecule has 2 amide bonds. The molecule has 0 rings (SSSR count). The van der Waals surface area contributed by atoms with E-state index in [0.717, 1.165) is 0 Å². The van der Waals surface area contributed by atoms with Crippen LogP contribution in [-0.4, -0.2) is 42.0 Å². The summed E-state index contributed by atoms with van der Waals surface area (Å²) >= 11 is 0. The van der Waals surface area contributed by atoms with E-state index in [9.17, 15) is 14.4 Å². The van der Waals surface area contributed by atoms with Crippen LogP contribution in [0.5, 0.6) is 0 Å². The van der Waals surface area contributed by atoms with E-state index >= 15 is 0 Å². The number of amides is 2. The van der Waals surface area contributed by atoms with Gasteiger partial charge in [0.2, 0.25) is 11.8 Å². The molecule has 0 aliphatic carbocycles. The smallest absolute Gasteiger partial charge is 0.322 e. The van der Waals surface area contributed by atoms with Gasteiger partial charge < -0.3 is 21.5 Å². The highest BCUT2D eigenvalue weighted by Crippen LogP contribution is 1.81. The van der Waals surface area contributed by atoms with Gasteiger partial charge in [-0.25, -0.2) is 0 Å². The molecule has 7 nitrogen and oxygen atoms in total. The van der Waals surface area contributed by atoms with Crippen molar-refractivity contribution in [2.45, 2.75) is 13.0 Å². The zero-order valence-electron chi connectivity index (χ0n) is 7.74. The normalized spacial score (nSPS) is 11.6. The molecule has 0 saturated carbocycles. The molecule has 0 aromatic carbocycles. The third kappa shape index (κ3) is 5.09. The Hall–Kier alpha value is -1.63. The minimum absolute atomic E-state index is 0.212. The molecule has 14 heavy (non-hydrogen) atoms. The van der Waals surface area contributed by atoms with Crippen LogP contribution in [0.25, 0.3) is 0 Å². The Kier molecular flexibility index (Phi) is 5.23. The number of carbonyl (C=O) groups excluding carboxylic acids is 2. The molecule has 0 heterocycles. The molecule has 0 aliphatic rings. The predicted octanol–water partition coefficient (Wildman–Crippen LogP) is -2.35. The van der Waals surface area contributed by atoms with Crippen molar-refractivity contribution in [1.82, 2.24) is 10.6 Å². The van der Waals surface area contributed by atoms with E-state index in [1.165, 1.54) is 6.92 Å². The van der Waals surface area contributed by atoms with Crippen molar-refractivity contribution in [3.8, 4) is 0 Å². The van der Waals surface area contributed by atoms with E-state index in [1.807, 2.05) is 0 Å². The average Bonchev–Trinajstić information content (AvgIpc) is 2.13. The van der Waals surface area contributed by atoms with Gasteiger partial charge in [0.15, 0.2) is 0 Å². The van der Waals surface area contributed by atoms with Crippen LogP contribution in [0.15, 0.2) is 0 Å². The largest absolute Gasteiger partial charge is 0.480 e. The molecule has 0 fully saturated rings. The van der Waals surface area contributed by atoms with Gasteiger partial charge in [-0.05, 0) is 6.92 Å². The second kappa shape index (κ2) is 5.92. The molecule has 5 N–H and O–H groups in total. The summed E-state index contributed by atoms with van der Waals surface area (Å²) in [5.41, 5.74) is 5.00. The zero-order valence-corrected chi connectivity index (χ0v) is 7.74. The van der Waals surface area contributed by atoms with E-state index in [-0.39, 0.29) is 6.54 Å². The highest BCUT2D eigenvalue weighted by Gasteiger charge is 2.14. The van der Waals surface area contributed by atoms with Crippen molar-refractivity contribution in [1.29, 1.82) is 0 Å². The average molecular weight is 203 g/mol. The van der Waals surface area contributed by atoms with Gasteiger partial charge in [0.25, 0.3) is 0 Å². The molecular weight excluding hydrogens is 190 g/mol. The number of hydrogen-bond donors (Lipinski definition) is 4. The Morgan fingerprint density at radius 2 is 2.00 bits per heavy atom. The lowest BCUT2D eigenvalue weighted by atomic mass is 10.3. The summed E-state index contributed by atoms with van der Waals surface area (Å²) in [5.74, 6) is -2.17. The monoisotopic (exact) mass is 203 g/mol. The number of carbonyl (C=O) groups is 3. The van der Waals surface area contributed by atoms with Crippen molar-refractivity contribution in [3.05, 3.63) is 0 Å². The van der Waals surface area contributed by atoms with Crippen LogP contribution in [0.4, 0.5) is 0 Å². The SMILES string of the molecule is C[C@H](NC(=O)CN)C(=O)NCC(=O)O. The van der Waals surface area contributed by atoms with Crippen LogP contribution in [0.1, 0.15) is 6.92 Å². The Balaban J connectivity index is 3.87. The molecule has 0 saturated heterocycles. The fourth-order valence-corrected chi connectivity index (χ4v) is 0.682. The van der Waals surface area contributed by atoms with Gasteiger partial charge in [-0.15, -0.1) is 0 Å². The van der Waals surface area contributed by atoms with Crippen LogP contribution >= 0.6 is 0 Å². The predicted molar refractivity (Wildman–Crippen MR) is 47.3 cm³/mol. The maximum atomic E-state index is 11.1. The lowest BCUT2D eigenvalue weighted by molar-refractivity contribution is -0.138. The van der Waals surface area contributed by atoms with E-state index in [4.69, 9.17) is 10.8 Å². The fraction of sp³-hybridized carbons (Fsp3) is 0.571. The topological polar surface area (TPSA) is 122 Å². The van der Waals surface area contributed by atoms with Crippen LogP contribution in [0, 0.1) is 0 Å². The van der Waals surface area contributed by atoms with Gasteiger partial charge in [0.1, 0.15) is 12.6 Å². The standard InChI is InChI=1S/C7H13N3O4/c1-4(10-5(11)2-8)7(14)9-3-6(12)13/h4H,2-3,8H2,1H3,(H,9,14)(H,10,11)(H,12,13)/t4-/m0/s1. The number of carboxylic acids is 1. The summed E-state index contributed by atoms with van der Waals surface area (Å²) < 4.78 is 0. The number of carboxylic acid groups (broad SMARTS) is 1. The van der Waals surface area contributed by atoms with Gasteiger partial charge in [0.05, 0.1) is 6.54 Å². The van der Waals surface area contributed by atoms with Gasteiger partial charge in [-0.3, -0.25) is 14.4 Å². The number of hydrogen-bond acceptors (Lipinski definition) is 4. The first kappa shape index (κ1) is 12.4. The summed E-state index contributed by atoms with van der Waals surface area (Å²) in [6, 6.07) is -0.787. The first-order valence-electron chi connectivity index (χ1n) is 3.96. The molecule has 0 aliphatic heterocycles. The lowest BCUT2D eigenvalue weighted by Crippen LogP contribution is -2.47. The molecule has 0 aromatic heterocycles. The van der Waals surface area contributed by atoms with Crippen LogP contribution in [-0.2, 0) is 14.4 Å². The lowest BCUT2D eigenvalue weighted by Gasteiger charge is -2.12. The van der Waals surface area contributed by atoms with Crippen molar-refractivity contribution in [2.75, 3.05) is 13.1 Å². The quantitative estimate of drug-likeness (QED) is 0.398. The summed E-state index contributed by atoms with van der Waals surface area (Å²) in [4.78, 5) is 31.9. The minimum atomic E-state index is -1.14. The number of nitrogens with one attached hydrogen (secondary N) is 2. The molecule has 0 aromatic rings. The molecular formula is C7H13N3O4. The van der Waals surface area contributed by atoms with Gasteiger partial charge in [-0.2, -0.15) is 0 Å².